The fraction of sp³-hybridized carbons (Fsp3) is 0.185. The summed E-state index contributed by atoms with van der Waals surface area (Å²) in [6.07, 6.45) is 3.84. The summed E-state index contributed by atoms with van der Waals surface area (Å²) in [6.45, 7) is 1.82. The van der Waals surface area contributed by atoms with E-state index in [1.54, 1.807) is 18.3 Å². The molecular formula is C27H28N4OS. The first-order valence-corrected chi connectivity index (χ1v) is 11.3. The summed E-state index contributed by atoms with van der Waals surface area (Å²) in [5.74, 6) is 0. The molecular weight excluding hydrogens is 428 g/mol. The molecule has 0 aliphatic carbocycles. The summed E-state index contributed by atoms with van der Waals surface area (Å²) < 4.78 is 0. The third-order valence-corrected chi connectivity index (χ3v) is 5.46. The third kappa shape index (κ3) is 7.41. The van der Waals surface area contributed by atoms with E-state index < -0.39 is 6.10 Å². The zero-order valence-electron chi connectivity index (χ0n) is 18.4. The van der Waals surface area contributed by atoms with Gasteiger partial charge in [-0.1, -0.05) is 42.5 Å². The van der Waals surface area contributed by atoms with Crippen molar-refractivity contribution in [3.8, 4) is 17.2 Å². The molecule has 1 unspecified atom stereocenters. The Bertz CT molecular complexity index is 1190. The molecule has 0 spiro atoms. The van der Waals surface area contributed by atoms with Crippen LogP contribution in [0.25, 0.3) is 21.9 Å². The van der Waals surface area contributed by atoms with Gasteiger partial charge in [0.1, 0.15) is 0 Å². The van der Waals surface area contributed by atoms with Crippen molar-refractivity contribution in [2.75, 3.05) is 19.6 Å². The Balaban J connectivity index is 0.000000186. The molecule has 0 aliphatic heterocycles. The molecule has 0 bridgehead atoms. The molecule has 1 aromatic heterocycles. The number of aliphatic hydroxyl groups is 1. The smallest absolute Gasteiger partial charge is 0.0991 e. The van der Waals surface area contributed by atoms with Gasteiger partial charge in [-0.2, -0.15) is 5.26 Å². The van der Waals surface area contributed by atoms with E-state index in [1.165, 1.54) is 11.1 Å². The van der Waals surface area contributed by atoms with Crippen molar-refractivity contribution in [3.05, 3.63) is 96.3 Å². The first kappa shape index (κ1) is 24.4. The van der Waals surface area contributed by atoms with Crippen LogP contribution >= 0.6 is 12.6 Å². The average Bonchev–Trinajstić information content (AvgIpc) is 2.86. The van der Waals surface area contributed by atoms with Gasteiger partial charge in [0.2, 0.25) is 0 Å². The number of fused-ring (bicyclic) bond motifs is 1. The van der Waals surface area contributed by atoms with Crippen LogP contribution in [0.4, 0.5) is 0 Å². The molecule has 0 saturated carbocycles. The number of hydrogen-bond acceptors (Lipinski definition) is 6. The van der Waals surface area contributed by atoms with Crippen LogP contribution in [-0.4, -0.2) is 35.8 Å². The first-order chi connectivity index (χ1) is 16.1. The molecule has 4 aromatic rings. The van der Waals surface area contributed by atoms with E-state index in [-0.39, 0.29) is 0 Å². The number of rotatable bonds is 7. The lowest BCUT2D eigenvalue weighted by Crippen LogP contribution is -2.31. The molecule has 1 heterocycles. The molecule has 0 radical (unpaired) electrons. The Hall–Kier alpha value is -3.21. The largest absolute Gasteiger partial charge is 0.391 e. The minimum atomic E-state index is -0.417. The molecule has 168 valence electrons. The number of aromatic nitrogens is 1. The van der Waals surface area contributed by atoms with Crippen LogP contribution in [0.5, 0.6) is 0 Å². The third-order valence-electron chi connectivity index (χ3n) is 5.09. The van der Waals surface area contributed by atoms with Gasteiger partial charge in [-0.3, -0.25) is 4.98 Å². The standard InChI is InChI=1S/C15H11NS.C12H17N3O/c17-15-9-12(11-4-2-1-3-5-11)8-13-10-16-7-6-14(13)15;13-5-6-15-9-12(16)7-10-1-3-11(8-14)4-2-10/h1-10,17H;1-4,12,15-16H,5-7,9,13H2. The average molecular weight is 457 g/mol. The number of nitrogens with two attached hydrogens (primary N) is 1. The van der Waals surface area contributed by atoms with Crippen LogP contribution in [-0.2, 0) is 6.42 Å². The summed E-state index contributed by atoms with van der Waals surface area (Å²) in [7, 11) is 0. The second-order valence-electron chi connectivity index (χ2n) is 7.62. The van der Waals surface area contributed by atoms with Gasteiger partial charge in [0.05, 0.1) is 17.7 Å². The number of thiol groups is 1. The highest BCUT2D eigenvalue weighted by Gasteiger charge is 2.05. The van der Waals surface area contributed by atoms with E-state index in [2.05, 4.69) is 53.3 Å². The minimum Gasteiger partial charge on any atom is -0.391 e. The second kappa shape index (κ2) is 12.7. The van der Waals surface area contributed by atoms with Crippen molar-refractivity contribution in [2.24, 2.45) is 5.73 Å². The lowest BCUT2D eigenvalue weighted by molar-refractivity contribution is 0.172. The summed E-state index contributed by atoms with van der Waals surface area (Å²) in [6, 6.07) is 25.9. The van der Waals surface area contributed by atoms with Crippen molar-refractivity contribution in [1.82, 2.24) is 10.3 Å². The topological polar surface area (TPSA) is 95.0 Å². The van der Waals surface area contributed by atoms with E-state index in [1.807, 2.05) is 42.6 Å². The van der Waals surface area contributed by atoms with Gasteiger partial charge in [-0.25, -0.2) is 0 Å². The van der Waals surface area contributed by atoms with Crippen molar-refractivity contribution in [2.45, 2.75) is 17.4 Å². The lowest BCUT2D eigenvalue weighted by atomic mass is 10.0. The van der Waals surface area contributed by atoms with Gasteiger partial charge >= 0.3 is 0 Å². The molecule has 4 N–H and O–H groups in total. The van der Waals surface area contributed by atoms with Crippen molar-refractivity contribution < 1.29 is 5.11 Å². The number of nitrogens with zero attached hydrogens (tertiary/aromatic N) is 2. The zero-order chi connectivity index (χ0) is 23.5. The Morgan fingerprint density at radius 1 is 1.03 bits per heavy atom. The zero-order valence-corrected chi connectivity index (χ0v) is 19.2. The van der Waals surface area contributed by atoms with Crippen molar-refractivity contribution >= 4 is 23.4 Å². The maximum Gasteiger partial charge on any atom is 0.0991 e. The van der Waals surface area contributed by atoms with E-state index in [4.69, 9.17) is 11.0 Å². The van der Waals surface area contributed by atoms with Crippen LogP contribution in [0.3, 0.4) is 0 Å². The molecule has 1 atom stereocenters. The molecule has 6 heteroatoms. The summed E-state index contributed by atoms with van der Waals surface area (Å²) in [5.41, 5.74) is 9.37. The molecule has 5 nitrogen and oxygen atoms in total. The number of benzene rings is 3. The Labute approximate surface area is 200 Å². The SMILES string of the molecule is N#Cc1ccc(CC(O)CNCCN)cc1.Sc1cc(-c2ccccc2)cc2cnccc12. The Morgan fingerprint density at radius 3 is 2.48 bits per heavy atom. The fourth-order valence-corrected chi connectivity index (χ4v) is 3.76. The van der Waals surface area contributed by atoms with Crippen molar-refractivity contribution in [3.63, 3.8) is 0 Å². The summed E-state index contributed by atoms with van der Waals surface area (Å²) in [4.78, 5) is 5.14. The highest BCUT2D eigenvalue weighted by molar-refractivity contribution is 7.80. The van der Waals surface area contributed by atoms with Crippen LogP contribution in [0, 0.1) is 11.3 Å². The second-order valence-corrected chi connectivity index (χ2v) is 8.10. The van der Waals surface area contributed by atoms with Crippen LogP contribution < -0.4 is 11.1 Å². The minimum absolute atomic E-state index is 0.417. The van der Waals surface area contributed by atoms with E-state index in [9.17, 15) is 5.11 Å². The first-order valence-electron chi connectivity index (χ1n) is 10.8. The lowest BCUT2D eigenvalue weighted by Gasteiger charge is -2.11. The summed E-state index contributed by atoms with van der Waals surface area (Å²) >= 11 is 4.54. The number of pyridine rings is 1. The molecule has 0 amide bonds. The van der Waals surface area contributed by atoms with E-state index in [0.717, 1.165) is 21.2 Å². The monoisotopic (exact) mass is 456 g/mol. The Morgan fingerprint density at radius 2 is 1.79 bits per heavy atom. The van der Waals surface area contributed by atoms with E-state index >= 15 is 0 Å². The molecule has 0 saturated heterocycles. The maximum atomic E-state index is 9.69. The number of nitrogens with one attached hydrogen (secondary N) is 1. The molecule has 33 heavy (non-hydrogen) atoms. The molecule has 4 rings (SSSR count). The predicted octanol–water partition coefficient (Wildman–Crippen LogP) is 4.20. The van der Waals surface area contributed by atoms with Crippen LogP contribution in [0.15, 0.2) is 90.1 Å². The molecule has 0 aliphatic rings. The predicted molar refractivity (Wildman–Crippen MR) is 137 cm³/mol. The number of hydrogen-bond donors (Lipinski definition) is 4. The highest BCUT2D eigenvalue weighted by Crippen LogP contribution is 2.29. The van der Waals surface area contributed by atoms with Gasteiger partial charge < -0.3 is 16.2 Å². The van der Waals surface area contributed by atoms with Gasteiger partial charge in [-0.15, -0.1) is 12.6 Å². The fourth-order valence-electron chi connectivity index (χ4n) is 3.42. The number of aliphatic hydroxyl groups excluding tert-OH is 1. The van der Waals surface area contributed by atoms with Gasteiger partial charge in [0, 0.05) is 42.3 Å². The normalized spacial score (nSPS) is 11.3. The number of nitriles is 1. The molecule has 3 aromatic carbocycles. The highest BCUT2D eigenvalue weighted by atomic mass is 32.1. The summed E-state index contributed by atoms with van der Waals surface area (Å²) in [5, 5.41) is 23.6. The van der Waals surface area contributed by atoms with Crippen LogP contribution in [0.2, 0.25) is 0 Å². The quantitative estimate of drug-likeness (QED) is 0.247. The van der Waals surface area contributed by atoms with Gasteiger partial charge in [-0.05, 0) is 58.8 Å². The van der Waals surface area contributed by atoms with Gasteiger partial charge in [0.15, 0.2) is 0 Å². The molecule has 0 fully saturated rings. The van der Waals surface area contributed by atoms with Crippen molar-refractivity contribution in [1.29, 1.82) is 5.26 Å². The van der Waals surface area contributed by atoms with E-state index in [0.29, 0.717) is 31.6 Å². The van der Waals surface area contributed by atoms with Gasteiger partial charge in [0.25, 0.3) is 0 Å². The Kier molecular flexibility index (Phi) is 9.43. The maximum absolute atomic E-state index is 9.69. The van der Waals surface area contributed by atoms with Crippen LogP contribution in [0.1, 0.15) is 11.1 Å².